The zero-order valence-electron chi connectivity index (χ0n) is 11.0. The third-order valence-corrected chi connectivity index (χ3v) is 4.13. The molecule has 1 unspecified atom stereocenters. The van der Waals surface area contributed by atoms with E-state index in [2.05, 4.69) is 28.1 Å². The van der Waals surface area contributed by atoms with Crippen molar-refractivity contribution >= 4 is 27.5 Å². The van der Waals surface area contributed by atoms with Crippen LogP contribution < -0.4 is 5.73 Å². The summed E-state index contributed by atoms with van der Waals surface area (Å²) >= 11 is 9.22. The lowest BCUT2D eigenvalue weighted by Crippen LogP contribution is -2.20. The van der Waals surface area contributed by atoms with Gasteiger partial charge >= 0.3 is 0 Å². The molecule has 0 heterocycles. The molecule has 2 aromatic rings. The number of rotatable bonds is 5. The second kappa shape index (κ2) is 7.21. The van der Waals surface area contributed by atoms with E-state index in [-0.39, 0.29) is 16.8 Å². The molecule has 2 N–H and O–H groups in total. The van der Waals surface area contributed by atoms with Crippen molar-refractivity contribution in [1.82, 2.24) is 0 Å². The molecule has 2 aromatic carbocycles. The molecule has 0 spiro atoms. The van der Waals surface area contributed by atoms with Crippen LogP contribution in [-0.4, -0.2) is 6.54 Å². The molecule has 0 aromatic heterocycles. The maximum Gasteiger partial charge on any atom is 0.144 e. The van der Waals surface area contributed by atoms with Gasteiger partial charge in [0.25, 0.3) is 0 Å². The normalized spacial score (nSPS) is 12.4. The van der Waals surface area contributed by atoms with Gasteiger partial charge in [-0.3, -0.25) is 0 Å². The summed E-state index contributed by atoms with van der Waals surface area (Å²) in [4.78, 5) is 0. The Bertz CT molecular complexity index is 571. The van der Waals surface area contributed by atoms with Gasteiger partial charge in [-0.25, -0.2) is 4.39 Å². The minimum absolute atomic E-state index is 0.168. The highest BCUT2D eigenvalue weighted by Crippen LogP contribution is 2.22. The van der Waals surface area contributed by atoms with E-state index in [1.807, 2.05) is 12.1 Å². The van der Waals surface area contributed by atoms with E-state index in [1.54, 1.807) is 18.2 Å². The Morgan fingerprint density at radius 1 is 1.10 bits per heavy atom. The average Bonchev–Trinajstić information content (AvgIpc) is 2.45. The molecule has 1 atom stereocenters. The molecular formula is C16H16BrClFN. The SMILES string of the molecule is NCC(Cc1ccc(Br)cc1)Cc1cccc(Cl)c1F. The topological polar surface area (TPSA) is 26.0 Å². The smallest absolute Gasteiger partial charge is 0.144 e. The van der Waals surface area contributed by atoms with E-state index in [1.165, 1.54) is 5.56 Å². The summed E-state index contributed by atoms with van der Waals surface area (Å²) in [5.41, 5.74) is 7.65. The molecule has 20 heavy (non-hydrogen) atoms. The molecule has 1 nitrogen and oxygen atoms in total. The molecule has 0 aliphatic heterocycles. The van der Waals surface area contributed by atoms with Crippen molar-refractivity contribution in [2.75, 3.05) is 6.54 Å². The summed E-state index contributed by atoms with van der Waals surface area (Å²) in [5, 5.41) is 0.168. The zero-order chi connectivity index (χ0) is 14.5. The molecule has 4 heteroatoms. The quantitative estimate of drug-likeness (QED) is 0.832. The first-order valence-corrected chi connectivity index (χ1v) is 7.64. The van der Waals surface area contributed by atoms with E-state index in [0.717, 1.165) is 10.9 Å². The minimum atomic E-state index is -0.330. The lowest BCUT2D eigenvalue weighted by molar-refractivity contribution is 0.512. The van der Waals surface area contributed by atoms with Gasteiger partial charge in [-0.05, 0) is 54.6 Å². The van der Waals surface area contributed by atoms with Crippen molar-refractivity contribution in [2.24, 2.45) is 11.7 Å². The molecule has 2 rings (SSSR count). The molecule has 0 aliphatic carbocycles. The van der Waals surface area contributed by atoms with Gasteiger partial charge in [0.05, 0.1) is 5.02 Å². The summed E-state index contributed by atoms with van der Waals surface area (Å²) in [7, 11) is 0. The lowest BCUT2D eigenvalue weighted by atomic mass is 9.92. The van der Waals surface area contributed by atoms with Gasteiger partial charge in [-0.15, -0.1) is 0 Å². The maximum absolute atomic E-state index is 13.9. The van der Waals surface area contributed by atoms with Gasteiger partial charge in [-0.2, -0.15) is 0 Å². The van der Waals surface area contributed by atoms with Crippen LogP contribution in [0.1, 0.15) is 11.1 Å². The summed E-state index contributed by atoms with van der Waals surface area (Å²) in [6, 6.07) is 13.2. The predicted octanol–water partition coefficient (Wildman–Crippen LogP) is 4.60. The third-order valence-electron chi connectivity index (χ3n) is 3.31. The van der Waals surface area contributed by atoms with E-state index in [0.29, 0.717) is 18.5 Å². The number of nitrogens with two attached hydrogens (primary N) is 1. The second-order valence-corrected chi connectivity index (χ2v) is 6.17. The molecule has 106 valence electrons. The van der Waals surface area contributed by atoms with Crippen LogP contribution in [0.4, 0.5) is 4.39 Å². The van der Waals surface area contributed by atoms with Crippen LogP contribution in [0.3, 0.4) is 0 Å². The molecule has 0 fully saturated rings. The van der Waals surface area contributed by atoms with Crippen LogP contribution in [0.2, 0.25) is 5.02 Å². The first kappa shape index (κ1) is 15.5. The van der Waals surface area contributed by atoms with Crippen molar-refractivity contribution in [3.8, 4) is 0 Å². The van der Waals surface area contributed by atoms with Crippen molar-refractivity contribution in [1.29, 1.82) is 0 Å². The van der Waals surface area contributed by atoms with Crippen LogP contribution in [0.15, 0.2) is 46.9 Å². The summed E-state index contributed by atoms with van der Waals surface area (Å²) in [6.07, 6.45) is 1.43. The Morgan fingerprint density at radius 2 is 1.80 bits per heavy atom. The van der Waals surface area contributed by atoms with Crippen molar-refractivity contribution in [2.45, 2.75) is 12.8 Å². The van der Waals surface area contributed by atoms with Gasteiger partial charge < -0.3 is 5.73 Å². The fraction of sp³-hybridized carbons (Fsp3) is 0.250. The molecule has 0 bridgehead atoms. The van der Waals surface area contributed by atoms with Crippen molar-refractivity contribution in [3.05, 3.63) is 68.9 Å². The molecule has 0 aliphatic rings. The Kier molecular flexibility index (Phi) is 5.58. The second-order valence-electron chi connectivity index (χ2n) is 4.85. The van der Waals surface area contributed by atoms with Crippen LogP contribution in [-0.2, 0) is 12.8 Å². The fourth-order valence-corrected chi connectivity index (χ4v) is 2.67. The van der Waals surface area contributed by atoms with Gasteiger partial charge in [0.15, 0.2) is 0 Å². The van der Waals surface area contributed by atoms with Crippen LogP contribution in [0, 0.1) is 11.7 Å². The maximum atomic E-state index is 13.9. The van der Waals surface area contributed by atoms with Gasteiger partial charge in [0, 0.05) is 4.47 Å². The number of hydrogen-bond donors (Lipinski definition) is 1. The zero-order valence-corrected chi connectivity index (χ0v) is 13.3. The average molecular weight is 357 g/mol. The predicted molar refractivity (Wildman–Crippen MR) is 85.5 cm³/mol. The Balaban J connectivity index is 2.09. The Hall–Kier alpha value is -0.900. The van der Waals surface area contributed by atoms with Gasteiger partial charge in [0.2, 0.25) is 0 Å². The highest BCUT2D eigenvalue weighted by molar-refractivity contribution is 9.10. The molecule has 0 saturated heterocycles. The van der Waals surface area contributed by atoms with Gasteiger partial charge in [0.1, 0.15) is 5.82 Å². The third kappa shape index (κ3) is 4.05. The molecular weight excluding hydrogens is 341 g/mol. The molecule has 0 radical (unpaired) electrons. The van der Waals surface area contributed by atoms with E-state index in [9.17, 15) is 4.39 Å². The summed E-state index contributed by atoms with van der Waals surface area (Å²) in [5.74, 6) is -0.132. The monoisotopic (exact) mass is 355 g/mol. The highest BCUT2D eigenvalue weighted by atomic mass is 79.9. The number of hydrogen-bond acceptors (Lipinski definition) is 1. The number of halogens is 3. The van der Waals surface area contributed by atoms with Crippen molar-refractivity contribution < 1.29 is 4.39 Å². The van der Waals surface area contributed by atoms with Gasteiger partial charge in [-0.1, -0.05) is 51.8 Å². The summed E-state index contributed by atoms with van der Waals surface area (Å²) < 4.78 is 15.0. The Labute approximate surface area is 132 Å². The molecule has 0 saturated carbocycles. The first-order valence-electron chi connectivity index (χ1n) is 6.47. The summed E-state index contributed by atoms with van der Waals surface area (Å²) in [6.45, 7) is 0.516. The van der Waals surface area contributed by atoms with Crippen LogP contribution >= 0.6 is 27.5 Å². The fourth-order valence-electron chi connectivity index (χ4n) is 2.21. The van der Waals surface area contributed by atoms with E-state index in [4.69, 9.17) is 17.3 Å². The standard InChI is InChI=1S/C16H16BrClFN/c17-14-6-4-11(5-7-14)8-12(10-20)9-13-2-1-3-15(18)16(13)19/h1-7,12H,8-10,20H2. The van der Waals surface area contributed by atoms with E-state index >= 15 is 0 Å². The van der Waals surface area contributed by atoms with Crippen molar-refractivity contribution in [3.63, 3.8) is 0 Å². The van der Waals surface area contributed by atoms with Crippen LogP contribution in [0.5, 0.6) is 0 Å². The largest absolute Gasteiger partial charge is 0.330 e. The first-order chi connectivity index (χ1) is 9.60. The number of benzene rings is 2. The van der Waals surface area contributed by atoms with E-state index < -0.39 is 0 Å². The van der Waals surface area contributed by atoms with Crippen LogP contribution in [0.25, 0.3) is 0 Å². The minimum Gasteiger partial charge on any atom is -0.330 e. The Morgan fingerprint density at radius 3 is 2.45 bits per heavy atom. The lowest BCUT2D eigenvalue weighted by Gasteiger charge is -2.16. The molecule has 0 amide bonds. The highest BCUT2D eigenvalue weighted by Gasteiger charge is 2.13.